The number of anilines is 1. The number of carbonyl (C=O) groups excluding carboxylic acids is 1. The van der Waals surface area contributed by atoms with Crippen molar-refractivity contribution >= 4 is 11.6 Å². The normalized spacial score (nSPS) is 11.4. The second-order valence-electron chi connectivity index (χ2n) is 8.13. The predicted octanol–water partition coefficient (Wildman–Crippen LogP) is 5.57. The van der Waals surface area contributed by atoms with E-state index in [-0.39, 0.29) is 11.4 Å². The molecular weight excluding hydrogens is 474 g/mol. The van der Waals surface area contributed by atoms with Crippen molar-refractivity contribution in [3.63, 3.8) is 0 Å². The van der Waals surface area contributed by atoms with Crippen molar-refractivity contribution < 1.29 is 22.4 Å². The van der Waals surface area contributed by atoms with E-state index in [0.29, 0.717) is 29.4 Å². The summed E-state index contributed by atoms with van der Waals surface area (Å²) >= 11 is 0. The van der Waals surface area contributed by atoms with Crippen molar-refractivity contribution in [1.29, 1.82) is 0 Å². The summed E-state index contributed by atoms with van der Waals surface area (Å²) in [7, 11) is 1.54. The number of hydrogen-bond donors (Lipinski definition) is 2. The Morgan fingerprint density at radius 3 is 2.44 bits per heavy atom. The standard InChI is InChI=1S/C26H21F4N5O/c1-15(31)10-17-11-18(16-6-4-3-5-7-16)24(14-32-17)33-25(36)20-12-19(23-8-9-35(2)34-23)21(13-22(20)27)26(28,29)30/h3-9,11-14H,1,10,31H2,2H3,(H,33,36). The number of nitrogens with one attached hydrogen (secondary N) is 1. The number of benzene rings is 2. The molecule has 3 N–H and O–H groups in total. The second kappa shape index (κ2) is 9.65. The Kier molecular flexibility index (Phi) is 6.61. The van der Waals surface area contributed by atoms with Crippen LogP contribution in [0.5, 0.6) is 0 Å². The average Bonchev–Trinajstić information content (AvgIpc) is 3.25. The number of rotatable bonds is 6. The lowest BCUT2D eigenvalue weighted by Gasteiger charge is -2.16. The smallest absolute Gasteiger partial charge is 0.402 e. The number of carbonyl (C=O) groups is 1. The minimum atomic E-state index is -4.85. The quantitative estimate of drug-likeness (QED) is 0.342. The first-order valence-corrected chi connectivity index (χ1v) is 10.7. The molecule has 0 spiro atoms. The SMILES string of the molecule is C=C(N)Cc1cc(-c2ccccc2)c(NC(=O)c2cc(-c3ccn(C)n3)c(C(F)(F)F)cc2F)cn1. The number of nitrogens with two attached hydrogens (primary N) is 1. The van der Waals surface area contributed by atoms with E-state index >= 15 is 0 Å². The highest BCUT2D eigenvalue weighted by Crippen LogP contribution is 2.38. The van der Waals surface area contributed by atoms with Crippen LogP contribution in [0.1, 0.15) is 21.6 Å². The van der Waals surface area contributed by atoms with Gasteiger partial charge in [-0.1, -0.05) is 36.9 Å². The maximum Gasteiger partial charge on any atom is 0.417 e. The molecule has 2 heterocycles. The van der Waals surface area contributed by atoms with E-state index in [1.54, 1.807) is 18.2 Å². The summed E-state index contributed by atoms with van der Waals surface area (Å²) in [5.41, 5.74) is 6.00. The minimum Gasteiger partial charge on any atom is -0.402 e. The van der Waals surface area contributed by atoms with E-state index < -0.39 is 34.6 Å². The Bertz CT molecular complexity index is 1440. The monoisotopic (exact) mass is 495 g/mol. The largest absolute Gasteiger partial charge is 0.417 e. The first-order chi connectivity index (χ1) is 17.0. The molecule has 2 aromatic carbocycles. The Hall–Kier alpha value is -4.47. The first kappa shape index (κ1) is 24.6. The number of aromatic nitrogens is 3. The molecule has 0 aliphatic rings. The molecule has 10 heteroatoms. The number of pyridine rings is 1. The van der Waals surface area contributed by atoms with Gasteiger partial charge in [-0.05, 0) is 29.8 Å². The maximum atomic E-state index is 14.8. The van der Waals surface area contributed by atoms with Gasteiger partial charge in [-0.25, -0.2) is 4.39 Å². The highest BCUT2D eigenvalue weighted by Gasteiger charge is 2.36. The lowest BCUT2D eigenvalue weighted by molar-refractivity contribution is -0.137. The number of alkyl halides is 3. The Balaban J connectivity index is 1.77. The molecule has 6 nitrogen and oxygen atoms in total. The van der Waals surface area contributed by atoms with Gasteiger partial charge in [0.2, 0.25) is 0 Å². The topological polar surface area (TPSA) is 85.8 Å². The number of amides is 1. The van der Waals surface area contributed by atoms with Crippen LogP contribution in [0.2, 0.25) is 0 Å². The third kappa shape index (κ3) is 5.27. The zero-order valence-electron chi connectivity index (χ0n) is 19.1. The third-order valence-electron chi connectivity index (χ3n) is 5.35. The fourth-order valence-corrected chi connectivity index (χ4v) is 3.73. The van der Waals surface area contributed by atoms with Crippen molar-refractivity contribution in [2.45, 2.75) is 12.6 Å². The lowest BCUT2D eigenvalue weighted by atomic mass is 9.99. The van der Waals surface area contributed by atoms with E-state index in [2.05, 4.69) is 22.0 Å². The Labute approximate surface area is 204 Å². The van der Waals surface area contributed by atoms with Crippen LogP contribution >= 0.6 is 0 Å². The first-order valence-electron chi connectivity index (χ1n) is 10.7. The number of nitrogens with zero attached hydrogens (tertiary/aromatic N) is 3. The summed E-state index contributed by atoms with van der Waals surface area (Å²) in [6, 6.07) is 13.3. The summed E-state index contributed by atoms with van der Waals surface area (Å²) in [5.74, 6) is -2.25. The fourth-order valence-electron chi connectivity index (χ4n) is 3.73. The lowest BCUT2D eigenvalue weighted by Crippen LogP contribution is -2.17. The van der Waals surface area contributed by atoms with Gasteiger partial charge in [-0.2, -0.15) is 18.3 Å². The molecule has 0 aliphatic carbocycles. The predicted molar refractivity (Wildman–Crippen MR) is 128 cm³/mol. The average molecular weight is 495 g/mol. The fraction of sp³-hybridized carbons (Fsp3) is 0.115. The van der Waals surface area contributed by atoms with Crippen molar-refractivity contribution in [2.75, 3.05) is 5.32 Å². The molecule has 0 fully saturated rings. The van der Waals surface area contributed by atoms with Crippen LogP contribution in [0.25, 0.3) is 22.4 Å². The molecule has 36 heavy (non-hydrogen) atoms. The molecule has 0 aliphatic heterocycles. The molecule has 4 aromatic rings. The molecule has 0 saturated carbocycles. The van der Waals surface area contributed by atoms with Crippen molar-refractivity contribution in [1.82, 2.24) is 14.8 Å². The van der Waals surface area contributed by atoms with Gasteiger partial charge in [0.1, 0.15) is 5.82 Å². The molecule has 0 radical (unpaired) electrons. The van der Waals surface area contributed by atoms with Crippen molar-refractivity contribution in [3.8, 4) is 22.4 Å². The maximum absolute atomic E-state index is 14.8. The van der Waals surface area contributed by atoms with Crippen molar-refractivity contribution in [2.24, 2.45) is 12.8 Å². The van der Waals surface area contributed by atoms with Crippen LogP contribution in [0.15, 0.2) is 79.3 Å². The van der Waals surface area contributed by atoms with E-state index in [4.69, 9.17) is 5.73 Å². The summed E-state index contributed by atoms with van der Waals surface area (Å²) in [5, 5.41) is 6.58. The molecule has 0 atom stereocenters. The number of hydrogen-bond acceptors (Lipinski definition) is 4. The van der Waals surface area contributed by atoms with Crippen LogP contribution in [0.3, 0.4) is 0 Å². The van der Waals surface area contributed by atoms with E-state index in [0.717, 1.165) is 11.6 Å². The van der Waals surface area contributed by atoms with Crippen LogP contribution < -0.4 is 11.1 Å². The highest BCUT2D eigenvalue weighted by atomic mass is 19.4. The molecule has 0 unspecified atom stereocenters. The molecule has 4 rings (SSSR count). The molecular formula is C26H21F4N5O. The number of allylic oxidation sites excluding steroid dienone is 1. The van der Waals surface area contributed by atoms with E-state index in [9.17, 15) is 22.4 Å². The minimum absolute atomic E-state index is 0.0446. The number of aryl methyl sites for hydroxylation is 1. The summed E-state index contributed by atoms with van der Waals surface area (Å²) < 4.78 is 57.1. The summed E-state index contributed by atoms with van der Waals surface area (Å²) in [4.78, 5) is 17.4. The van der Waals surface area contributed by atoms with Gasteiger partial charge >= 0.3 is 6.18 Å². The summed E-state index contributed by atoms with van der Waals surface area (Å²) in [6.07, 6.45) is -1.71. The zero-order chi connectivity index (χ0) is 26.0. The van der Waals surface area contributed by atoms with Gasteiger partial charge < -0.3 is 11.1 Å². The Morgan fingerprint density at radius 1 is 1.11 bits per heavy atom. The number of halogens is 4. The third-order valence-corrected chi connectivity index (χ3v) is 5.35. The van der Waals surface area contributed by atoms with Gasteiger partial charge in [0, 0.05) is 42.2 Å². The molecule has 184 valence electrons. The highest BCUT2D eigenvalue weighted by molar-refractivity contribution is 6.07. The molecule has 2 aromatic heterocycles. The van der Waals surface area contributed by atoms with E-state index in [1.807, 2.05) is 18.2 Å². The summed E-state index contributed by atoms with van der Waals surface area (Å²) in [6.45, 7) is 3.67. The van der Waals surface area contributed by atoms with Gasteiger partial charge in [0.15, 0.2) is 0 Å². The second-order valence-corrected chi connectivity index (χ2v) is 8.13. The van der Waals surface area contributed by atoms with Crippen LogP contribution in [0, 0.1) is 5.82 Å². The van der Waals surface area contributed by atoms with Gasteiger partial charge in [-0.15, -0.1) is 0 Å². The van der Waals surface area contributed by atoms with Gasteiger partial charge in [0.05, 0.1) is 28.7 Å². The zero-order valence-corrected chi connectivity index (χ0v) is 19.1. The van der Waals surface area contributed by atoms with E-state index in [1.165, 1.54) is 30.2 Å². The Morgan fingerprint density at radius 2 is 1.83 bits per heavy atom. The van der Waals surface area contributed by atoms with Gasteiger partial charge in [-0.3, -0.25) is 14.5 Å². The van der Waals surface area contributed by atoms with Crippen LogP contribution in [-0.2, 0) is 19.6 Å². The molecule has 1 amide bonds. The van der Waals surface area contributed by atoms with Crippen LogP contribution in [-0.4, -0.2) is 20.7 Å². The van der Waals surface area contributed by atoms with Crippen LogP contribution in [0.4, 0.5) is 23.2 Å². The molecule has 0 saturated heterocycles. The van der Waals surface area contributed by atoms with Gasteiger partial charge in [0.25, 0.3) is 5.91 Å². The van der Waals surface area contributed by atoms with Crippen molar-refractivity contribution in [3.05, 3.63) is 102 Å². The molecule has 0 bridgehead atoms.